The number of hydrogen-bond acceptors (Lipinski definition) is 5. The molecular weight excluding hydrogens is 425 g/mol. The van der Waals surface area contributed by atoms with Crippen molar-refractivity contribution in [1.29, 1.82) is 0 Å². The molecule has 2 fully saturated rings. The van der Waals surface area contributed by atoms with Gasteiger partial charge in [-0.3, -0.25) is 4.79 Å². The predicted octanol–water partition coefficient (Wildman–Crippen LogP) is 2.31. The lowest BCUT2D eigenvalue weighted by Gasteiger charge is -2.38. The van der Waals surface area contributed by atoms with E-state index in [0.717, 1.165) is 12.1 Å². The van der Waals surface area contributed by atoms with Crippen LogP contribution in [0.15, 0.2) is 29.2 Å². The minimum Gasteiger partial charge on any atom is -0.444 e. The smallest absolute Gasteiger partial charge is 0.410 e. The van der Waals surface area contributed by atoms with E-state index in [9.17, 15) is 22.4 Å². The molecule has 0 saturated carbocycles. The Kier molecular flexibility index (Phi) is 6.90. The third-order valence-electron chi connectivity index (χ3n) is 5.50. The number of ether oxygens (including phenoxy) is 1. The van der Waals surface area contributed by atoms with E-state index in [1.54, 1.807) is 9.80 Å². The van der Waals surface area contributed by atoms with Crippen LogP contribution in [0.4, 0.5) is 9.18 Å². The van der Waals surface area contributed by atoms with E-state index in [1.165, 1.54) is 16.4 Å². The topological polar surface area (TPSA) is 87.2 Å². The van der Waals surface area contributed by atoms with Gasteiger partial charge in [-0.15, -0.1) is 0 Å². The standard InChI is InChI=1S/C21H30FN3O5S/c1-21(2,3)30-20(27)24-10-8-16(9-11-24)19(26)23-12-14-25(15-13-23)31(28,29)18-6-4-17(22)5-7-18/h4-7,16H,8-15H2,1-3H3. The zero-order valence-corrected chi connectivity index (χ0v) is 19.0. The van der Waals surface area contributed by atoms with Crippen molar-refractivity contribution in [3.63, 3.8) is 0 Å². The first kappa shape index (κ1) is 23.5. The highest BCUT2D eigenvalue weighted by Gasteiger charge is 2.35. The van der Waals surface area contributed by atoms with Gasteiger partial charge >= 0.3 is 6.09 Å². The van der Waals surface area contributed by atoms with Crippen molar-refractivity contribution in [3.8, 4) is 0 Å². The van der Waals surface area contributed by atoms with Gasteiger partial charge < -0.3 is 14.5 Å². The molecule has 0 radical (unpaired) electrons. The molecule has 0 aliphatic carbocycles. The Morgan fingerprint density at radius 3 is 2.00 bits per heavy atom. The van der Waals surface area contributed by atoms with Gasteiger partial charge in [0.1, 0.15) is 11.4 Å². The molecule has 31 heavy (non-hydrogen) atoms. The highest BCUT2D eigenvalue weighted by atomic mass is 32.2. The molecule has 0 atom stereocenters. The van der Waals surface area contributed by atoms with E-state index in [-0.39, 0.29) is 35.9 Å². The second-order valence-electron chi connectivity index (χ2n) is 8.92. The first-order valence-corrected chi connectivity index (χ1v) is 11.9. The summed E-state index contributed by atoms with van der Waals surface area (Å²) >= 11 is 0. The molecule has 2 heterocycles. The summed E-state index contributed by atoms with van der Waals surface area (Å²) in [5, 5.41) is 0. The molecule has 2 amide bonds. The van der Waals surface area contributed by atoms with Gasteiger partial charge in [0, 0.05) is 45.2 Å². The van der Waals surface area contributed by atoms with E-state index in [4.69, 9.17) is 4.74 Å². The van der Waals surface area contributed by atoms with Crippen LogP contribution in [0.25, 0.3) is 0 Å². The van der Waals surface area contributed by atoms with Crippen molar-refractivity contribution in [2.45, 2.75) is 44.1 Å². The molecule has 3 rings (SSSR count). The molecule has 172 valence electrons. The Labute approximate surface area is 183 Å². The fourth-order valence-electron chi connectivity index (χ4n) is 3.80. The quantitative estimate of drug-likeness (QED) is 0.698. The maximum absolute atomic E-state index is 13.1. The number of sulfonamides is 1. The van der Waals surface area contributed by atoms with Gasteiger partial charge in [0.2, 0.25) is 15.9 Å². The summed E-state index contributed by atoms with van der Waals surface area (Å²) in [5.74, 6) is -0.673. The van der Waals surface area contributed by atoms with E-state index >= 15 is 0 Å². The van der Waals surface area contributed by atoms with Crippen molar-refractivity contribution < 1.29 is 27.1 Å². The molecule has 10 heteroatoms. The van der Waals surface area contributed by atoms with Crippen LogP contribution in [0.5, 0.6) is 0 Å². The molecular formula is C21H30FN3O5S. The van der Waals surface area contributed by atoms with Crippen molar-refractivity contribution in [2.75, 3.05) is 39.3 Å². The van der Waals surface area contributed by atoms with Crippen LogP contribution in [0.1, 0.15) is 33.6 Å². The number of carbonyl (C=O) groups excluding carboxylic acids is 2. The van der Waals surface area contributed by atoms with Crippen LogP contribution in [-0.2, 0) is 19.6 Å². The number of likely N-dealkylation sites (tertiary alicyclic amines) is 1. The maximum Gasteiger partial charge on any atom is 0.410 e. The number of piperazine rings is 1. The Morgan fingerprint density at radius 2 is 1.48 bits per heavy atom. The van der Waals surface area contributed by atoms with Crippen molar-refractivity contribution in [2.24, 2.45) is 5.92 Å². The summed E-state index contributed by atoms with van der Waals surface area (Å²) in [6.07, 6.45) is 0.760. The number of carbonyl (C=O) groups is 2. The number of amides is 2. The monoisotopic (exact) mass is 455 g/mol. The van der Waals surface area contributed by atoms with E-state index in [1.807, 2.05) is 20.8 Å². The van der Waals surface area contributed by atoms with Crippen LogP contribution >= 0.6 is 0 Å². The molecule has 0 spiro atoms. The third kappa shape index (κ3) is 5.74. The fourth-order valence-corrected chi connectivity index (χ4v) is 5.22. The molecule has 2 aliphatic heterocycles. The van der Waals surface area contributed by atoms with Gasteiger partial charge in [-0.25, -0.2) is 17.6 Å². The first-order valence-electron chi connectivity index (χ1n) is 10.5. The lowest BCUT2D eigenvalue weighted by atomic mass is 9.95. The summed E-state index contributed by atoms with van der Waals surface area (Å²) < 4.78 is 45.3. The van der Waals surface area contributed by atoms with Crippen molar-refractivity contribution in [3.05, 3.63) is 30.1 Å². The summed E-state index contributed by atoms with van der Waals surface area (Å²) in [4.78, 5) is 28.5. The number of hydrogen-bond donors (Lipinski definition) is 0. The molecule has 1 aromatic rings. The lowest BCUT2D eigenvalue weighted by Crippen LogP contribution is -2.53. The highest BCUT2D eigenvalue weighted by molar-refractivity contribution is 7.89. The minimum atomic E-state index is -3.71. The van der Waals surface area contributed by atoms with Crippen molar-refractivity contribution >= 4 is 22.0 Å². The molecule has 1 aromatic carbocycles. The molecule has 0 N–H and O–H groups in total. The van der Waals surface area contributed by atoms with Gasteiger partial charge in [-0.05, 0) is 57.9 Å². The van der Waals surface area contributed by atoms with Gasteiger partial charge in [-0.1, -0.05) is 0 Å². The number of nitrogens with zero attached hydrogens (tertiary/aromatic N) is 3. The Hall–Kier alpha value is -2.20. The number of halogens is 1. The van der Waals surface area contributed by atoms with Crippen LogP contribution in [-0.4, -0.2) is 79.4 Å². The molecule has 0 aromatic heterocycles. The first-order chi connectivity index (χ1) is 14.5. The predicted molar refractivity (Wildman–Crippen MR) is 112 cm³/mol. The number of rotatable bonds is 3. The Morgan fingerprint density at radius 1 is 0.935 bits per heavy atom. The lowest BCUT2D eigenvalue weighted by molar-refractivity contribution is -0.138. The maximum atomic E-state index is 13.1. The molecule has 0 bridgehead atoms. The average molecular weight is 456 g/mol. The van der Waals surface area contributed by atoms with Gasteiger partial charge in [0.05, 0.1) is 4.90 Å². The molecule has 2 aliphatic rings. The molecule has 0 unspecified atom stereocenters. The van der Waals surface area contributed by atoms with E-state index in [2.05, 4.69) is 0 Å². The second-order valence-corrected chi connectivity index (χ2v) is 10.9. The minimum absolute atomic E-state index is 0.00247. The van der Waals surface area contributed by atoms with Crippen LogP contribution in [0.3, 0.4) is 0 Å². The van der Waals surface area contributed by atoms with Gasteiger partial charge in [0.15, 0.2) is 0 Å². The van der Waals surface area contributed by atoms with E-state index < -0.39 is 21.4 Å². The fraction of sp³-hybridized carbons (Fsp3) is 0.619. The number of benzene rings is 1. The highest BCUT2D eigenvalue weighted by Crippen LogP contribution is 2.24. The summed E-state index contributed by atoms with van der Waals surface area (Å²) in [6, 6.07) is 4.74. The Balaban J connectivity index is 1.51. The Bertz CT molecular complexity index is 898. The SMILES string of the molecule is CC(C)(C)OC(=O)N1CCC(C(=O)N2CCN(S(=O)(=O)c3ccc(F)cc3)CC2)CC1. The summed E-state index contributed by atoms with van der Waals surface area (Å²) in [5.41, 5.74) is -0.558. The molecule has 8 nitrogen and oxygen atoms in total. The average Bonchev–Trinajstić information content (AvgIpc) is 2.72. The normalized spacial score (nSPS) is 19.4. The largest absolute Gasteiger partial charge is 0.444 e. The number of piperidine rings is 1. The van der Waals surface area contributed by atoms with Crippen LogP contribution < -0.4 is 0 Å². The van der Waals surface area contributed by atoms with Crippen LogP contribution in [0, 0.1) is 11.7 Å². The zero-order chi connectivity index (χ0) is 22.8. The van der Waals surface area contributed by atoms with Crippen LogP contribution in [0.2, 0.25) is 0 Å². The van der Waals surface area contributed by atoms with E-state index in [0.29, 0.717) is 39.0 Å². The third-order valence-corrected chi connectivity index (χ3v) is 7.41. The van der Waals surface area contributed by atoms with Gasteiger partial charge in [-0.2, -0.15) is 4.31 Å². The summed E-state index contributed by atoms with van der Waals surface area (Å²) in [7, 11) is -3.71. The zero-order valence-electron chi connectivity index (χ0n) is 18.2. The summed E-state index contributed by atoms with van der Waals surface area (Å²) in [6.45, 7) is 7.39. The molecule has 2 saturated heterocycles. The second kappa shape index (κ2) is 9.12. The van der Waals surface area contributed by atoms with Crippen molar-refractivity contribution in [1.82, 2.24) is 14.1 Å². The van der Waals surface area contributed by atoms with Gasteiger partial charge in [0.25, 0.3) is 0 Å².